The van der Waals surface area contributed by atoms with E-state index in [9.17, 15) is 14.7 Å². The molecule has 1 unspecified atom stereocenters. The first-order chi connectivity index (χ1) is 13.0. The van der Waals surface area contributed by atoms with Gasteiger partial charge in [0.05, 0.1) is 7.11 Å². The Morgan fingerprint density at radius 1 is 1.07 bits per heavy atom. The number of nitrogens with zero attached hydrogens (tertiary/aromatic N) is 1. The molecule has 1 aliphatic heterocycles. The molecule has 1 atom stereocenters. The first kappa shape index (κ1) is 18.8. The zero-order chi connectivity index (χ0) is 19.3. The smallest absolute Gasteiger partial charge is 0.411 e. The van der Waals surface area contributed by atoms with E-state index in [0.717, 1.165) is 11.1 Å². The van der Waals surface area contributed by atoms with Crippen molar-refractivity contribution in [1.29, 1.82) is 0 Å². The number of aliphatic carboxylic acids is 1. The zero-order valence-corrected chi connectivity index (χ0v) is 15.3. The Labute approximate surface area is 158 Å². The van der Waals surface area contributed by atoms with Gasteiger partial charge in [-0.2, -0.15) is 0 Å². The minimum absolute atomic E-state index is 0.119. The van der Waals surface area contributed by atoms with E-state index in [1.54, 1.807) is 19.2 Å². The number of methoxy groups -OCH3 is 1. The van der Waals surface area contributed by atoms with Crippen LogP contribution in [0.1, 0.15) is 24.0 Å². The monoisotopic (exact) mass is 369 g/mol. The van der Waals surface area contributed by atoms with Gasteiger partial charge in [-0.3, -0.25) is 4.90 Å². The van der Waals surface area contributed by atoms with E-state index in [2.05, 4.69) is 0 Å². The van der Waals surface area contributed by atoms with Crippen LogP contribution in [0.4, 0.5) is 4.79 Å². The topological polar surface area (TPSA) is 76.1 Å². The van der Waals surface area contributed by atoms with Crippen LogP contribution in [-0.2, 0) is 22.6 Å². The summed E-state index contributed by atoms with van der Waals surface area (Å²) < 4.78 is 10.5. The largest absolute Gasteiger partial charge is 0.497 e. The summed E-state index contributed by atoms with van der Waals surface area (Å²) >= 11 is 0. The van der Waals surface area contributed by atoms with Gasteiger partial charge in [-0.05, 0) is 36.1 Å². The van der Waals surface area contributed by atoms with Crippen LogP contribution in [-0.4, -0.2) is 41.3 Å². The first-order valence-electron chi connectivity index (χ1n) is 8.90. The van der Waals surface area contributed by atoms with E-state index >= 15 is 0 Å². The molecule has 2 aromatic carbocycles. The Balaban J connectivity index is 1.75. The standard InChI is InChI=1S/C21H23NO5/c1-26-18-10-8-16(9-11-18)14-21(19(23)24)12-5-13-22(21)20(25)27-15-17-6-3-2-4-7-17/h2-4,6-11H,5,12-15H2,1H3,(H,23,24). The molecular formula is C21H23NO5. The van der Waals surface area contributed by atoms with Crippen molar-refractivity contribution in [3.63, 3.8) is 0 Å². The summed E-state index contributed by atoms with van der Waals surface area (Å²) in [5.41, 5.74) is 0.407. The molecule has 0 bridgehead atoms. The van der Waals surface area contributed by atoms with Crippen LogP contribution in [0.5, 0.6) is 5.75 Å². The summed E-state index contributed by atoms with van der Waals surface area (Å²) in [5, 5.41) is 9.96. The lowest BCUT2D eigenvalue weighted by Crippen LogP contribution is -2.54. The molecule has 1 saturated heterocycles. The molecule has 142 valence electrons. The maximum atomic E-state index is 12.6. The number of carboxylic acid groups (broad SMARTS) is 1. The summed E-state index contributed by atoms with van der Waals surface area (Å²) in [6.45, 7) is 0.491. The lowest BCUT2D eigenvalue weighted by atomic mass is 9.88. The minimum Gasteiger partial charge on any atom is -0.497 e. The molecule has 3 rings (SSSR count). The Morgan fingerprint density at radius 3 is 2.41 bits per heavy atom. The molecule has 1 fully saturated rings. The van der Waals surface area contributed by atoms with Crippen LogP contribution in [0.25, 0.3) is 0 Å². The van der Waals surface area contributed by atoms with Gasteiger partial charge in [-0.15, -0.1) is 0 Å². The molecular weight excluding hydrogens is 346 g/mol. The third kappa shape index (κ3) is 4.05. The van der Waals surface area contributed by atoms with Gasteiger partial charge in [0.15, 0.2) is 0 Å². The second kappa shape index (κ2) is 8.12. The maximum Gasteiger partial charge on any atom is 0.411 e. The minimum atomic E-state index is -1.29. The fourth-order valence-corrected chi connectivity index (χ4v) is 3.50. The van der Waals surface area contributed by atoms with Gasteiger partial charge in [-0.25, -0.2) is 9.59 Å². The number of hydrogen-bond donors (Lipinski definition) is 1. The van der Waals surface area contributed by atoms with Crippen molar-refractivity contribution in [2.45, 2.75) is 31.4 Å². The van der Waals surface area contributed by atoms with Crippen LogP contribution in [0.15, 0.2) is 54.6 Å². The lowest BCUT2D eigenvalue weighted by molar-refractivity contribution is -0.148. The highest BCUT2D eigenvalue weighted by atomic mass is 16.6. The number of ether oxygens (including phenoxy) is 2. The second-order valence-corrected chi connectivity index (χ2v) is 6.66. The Bertz CT molecular complexity index is 790. The third-order valence-electron chi connectivity index (χ3n) is 4.97. The molecule has 0 spiro atoms. The number of amides is 1. The molecule has 1 N–H and O–H groups in total. The zero-order valence-electron chi connectivity index (χ0n) is 15.3. The van der Waals surface area contributed by atoms with Crippen molar-refractivity contribution in [3.8, 4) is 5.75 Å². The summed E-state index contributed by atoms with van der Waals surface area (Å²) in [7, 11) is 1.58. The van der Waals surface area contributed by atoms with E-state index in [4.69, 9.17) is 9.47 Å². The van der Waals surface area contributed by atoms with E-state index in [1.807, 2.05) is 42.5 Å². The SMILES string of the molecule is COc1ccc(CC2(C(=O)O)CCCN2C(=O)OCc2ccccc2)cc1. The Hall–Kier alpha value is -3.02. The Kier molecular flexibility index (Phi) is 5.64. The number of carboxylic acids is 1. The quantitative estimate of drug-likeness (QED) is 0.843. The maximum absolute atomic E-state index is 12.6. The highest BCUT2D eigenvalue weighted by Crippen LogP contribution is 2.34. The highest BCUT2D eigenvalue weighted by Gasteiger charge is 2.50. The molecule has 0 aliphatic carbocycles. The van der Waals surface area contributed by atoms with Crippen molar-refractivity contribution < 1.29 is 24.2 Å². The summed E-state index contributed by atoms with van der Waals surface area (Å²) in [6, 6.07) is 16.6. The van der Waals surface area contributed by atoms with Crippen LogP contribution in [0, 0.1) is 0 Å². The number of carbonyl (C=O) groups excluding carboxylic acids is 1. The summed E-state index contributed by atoms with van der Waals surface area (Å²) in [4.78, 5) is 26.2. The predicted octanol–water partition coefficient (Wildman–Crippen LogP) is 3.49. The summed E-state index contributed by atoms with van der Waals surface area (Å²) in [5.74, 6) is -0.304. The van der Waals surface area contributed by atoms with E-state index in [-0.39, 0.29) is 13.0 Å². The lowest BCUT2D eigenvalue weighted by Gasteiger charge is -2.34. The fraction of sp³-hybridized carbons (Fsp3) is 0.333. The van der Waals surface area contributed by atoms with Crippen LogP contribution in [0.3, 0.4) is 0 Å². The number of rotatable bonds is 6. The molecule has 0 aromatic heterocycles. The molecule has 1 aliphatic rings. The van der Waals surface area contributed by atoms with Crippen molar-refractivity contribution in [3.05, 3.63) is 65.7 Å². The number of carbonyl (C=O) groups is 2. The van der Waals surface area contributed by atoms with Gasteiger partial charge < -0.3 is 14.6 Å². The van der Waals surface area contributed by atoms with Crippen molar-refractivity contribution in [1.82, 2.24) is 4.90 Å². The molecule has 0 saturated carbocycles. The Morgan fingerprint density at radius 2 is 1.78 bits per heavy atom. The van der Waals surface area contributed by atoms with Crippen molar-refractivity contribution in [2.24, 2.45) is 0 Å². The van der Waals surface area contributed by atoms with Crippen LogP contribution < -0.4 is 4.74 Å². The average molecular weight is 369 g/mol. The highest BCUT2D eigenvalue weighted by molar-refractivity contribution is 5.85. The molecule has 6 heteroatoms. The van der Waals surface area contributed by atoms with Crippen LogP contribution in [0.2, 0.25) is 0 Å². The van der Waals surface area contributed by atoms with E-state index in [0.29, 0.717) is 25.1 Å². The van der Waals surface area contributed by atoms with Gasteiger partial charge in [0, 0.05) is 13.0 Å². The fourth-order valence-electron chi connectivity index (χ4n) is 3.50. The molecule has 27 heavy (non-hydrogen) atoms. The second-order valence-electron chi connectivity index (χ2n) is 6.66. The molecule has 1 amide bonds. The average Bonchev–Trinajstić information content (AvgIpc) is 3.12. The molecule has 2 aromatic rings. The third-order valence-corrected chi connectivity index (χ3v) is 4.97. The van der Waals surface area contributed by atoms with E-state index < -0.39 is 17.6 Å². The number of likely N-dealkylation sites (tertiary alicyclic amines) is 1. The van der Waals surface area contributed by atoms with Crippen molar-refractivity contribution >= 4 is 12.1 Å². The van der Waals surface area contributed by atoms with Crippen LogP contribution >= 0.6 is 0 Å². The predicted molar refractivity (Wildman–Crippen MR) is 99.6 cm³/mol. The normalized spacial score (nSPS) is 18.9. The van der Waals surface area contributed by atoms with Gasteiger partial charge in [0.2, 0.25) is 0 Å². The number of hydrogen-bond acceptors (Lipinski definition) is 4. The van der Waals surface area contributed by atoms with Gasteiger partial charge in [-0.1, -0.05) is 42.5 Å². The van der Waals surface area contributed by atoms with Gasteiger partial charge in [0.25, 0.3) is 0 Å². The molecule has 1 heterocycles. The van der Waals surface area contributed by atoms with E-state index in [1.165, 1.54) is 4.90 Å². The van der Waals surface area contributed by atoms with Gasteiger partial charge in [0.1, 0.15) is 17.9 Å². The first-order valence-corrected chi connectivity index (χ1v) is 8.90. The van der Waals surface area contributed by atoms with Gasteiger partial charge >= 0.3 is 12.1 Å². The van der Waals surface area contributed by atoms with Crippen molar-refractivity contribution in [2.75, 3.05) is 13.7 Å². The molecule has 6 nitrogen and oxygen atoms in total. The molecule has 0 radical (unpaired) electrons. The summed E-state index contributed by atoms with van der Waals surface area (Å²) in [6.07, 6.45) is 0.664. The number of benzene rings is 2.